The Labute approximate surface area is 281 Å². The van der Waals surface area contributed by atoms with Crippen LogP contribution in [-0.4, -0.2) is 59.7 Å². The molecule has 4 heterocycles. The van der Waals surface area contributed by atoms with Gasteiger partial charge >= 0.3 is 0 Å². The third-order valence-electron chi connectivity index (χ3n) is 11.0. The van der Waals surface area contributed by atoms with Crippen molar-refractivity contribution in [2.75, 3.05) is 31.1 Å². The fourth-order valence-corrected chi connectivity index (χ4v) is 9.35. The molecule has 1 unspecified atom stereocenters. The molecular weight excluding hydrogens is 641 g/mol. The number of nitrogens with zero attached hydrogens (tertiary/aromatic N) is 4. The van der Waals surface area contributed by atoms with E-state index in [0.29, 0.717) is 63.2 Å². The highest BCUT2D eigenvalue weighted by Gasteiger charge is 2.52. The number of carbonyl (C=O) groups excluding carboxylic acids is 1. The number of pyridine rings is 1. The Kier molecular flexibility index (Phi) is 7.43. The number of ketones is 1. The molecule has 0 radical (unpaired) electrons. The smallest absolute Gasteiger partial charge is 0.234 e. The summed E-state index contributed by atoms with van der Waals surface area (Å²) >= 11 is 13.5. The Morgan fingerprint density at radius 2 is 2.04 bits per heavy atom. The molecule has 0 spiro atoms. The van der Waals surface area contributed by atoms with E-state index in [1.54, 1.807) is 6.07 Å². The third kappa shape index (κ3) is 4.73. The van der Waals surface area contributed by atoms with Gasteiger partial charge in [-0.25, -0.2) is 13.8 Å². The van der Waals surface area contributed by atoms with E-state index in [1.807, 2.05) is 30.3 Å². The van der Waals surface area contributed by atoms with Gasteiger partial charge in [0, 0.05) is 58.7 Å². The molecule has 6 nitrogen and oxygen atoms in total. The topological polar surface area (TPSA) is 69.5 Å². The van der Waals surface area contributed by atoms with E-state index in [-0.39, 0.29) is 41.2 Å². The lowest BCUT2D eigenvalue weighted by Gasteiger charge is -2.48. The van der Waals surface area contributed by atoms with Crippen molar-refractivity contribution in [1.29, 1.82) is 5.26 Å². The lowest BCUT2D eigenvalue weighted by atomic mass is 9.82. The van der Waals surface area contributed by atoms with Gasteiger partial charge in [-0.3, -0.25) is 9.69 Å². The van der Waals surface area contributed by atoms with Crippen molar-refractivity contribution < 1.29 is 18.3 Å². The van der Waals surface area contributed by atoms with Gasteiger partial charge in [0.2, 0.25) is 5.88 Å². The van der Waals surface area contributed by atoms with Gasteiger partial charge in [0.15, 0.2) is 5.78 Å². The van der Waals surface area contributed by atoms with Gasteiger partial charge in [-0.2, -0.15) is 5.26 Å². The summed E-state index contributed by atoms with van der Waals surface area (Å²) in [7, 11) is 0. The number of carbonyl (C=O) groups is 1. The van der Waals surface area contributed by atoms with E-state index >= 15 is 0 Å². The molecule has 1 saturated carbocycles. The molecule has 5 atom stereocenters. The first-order chi connectivity index (χ1) is 22.7. The van der Waals surface area contributed by atoms with Crippen LogP contribution >= 0.6 is 23.2 Å². The van der Waals surface area contributed by atoms with Gasteiger partial charge < -0.3 is 9.64 Å². The Hall–Kier alpha value is -3.77. The number of allylic oxidation sites excluding steroid dienone is 1. The monoisotopic (exact) mass is 672 g/mol. The SMILES string of the molecule is C=CC(=O)C1CC[C@@H]2[C@H]1CN2c1c(C#N)c(OC[C@@]23CCCN2C[C@H](F)C3)nc2cc(-c3cccc4ccc(F)c(Cl)c34)c(Cl)cc12. The number of nitriles is 1. The molecule has 0 amide bonds. The molecule has 1 aliphatic carbocycles. The number of ether oxygens (including phenoxy) is 1. The van der Waals surface area contributed by atoms with Crippen molar-refractivity contribution in [1.82, 2.24) is 9.88 Å². The number of rotatable bonds is 7. The molecular formula is C37H32Cl2F2N4O2. The lowest BCUT2D eigenvalue weighted by Crippen LogP contribution is -2.56. The molecule has 8 rings (SSSR count). The number of benzene rings is 3. The molecule has 4 aromatic rings. The van der Waals surface area contributed by atoms with E-state index in [1.165, 1.54) is 12.1 Å². The first-order valence-corrected chi connectivity index (χ1v) is 16.9. The molecule has 4 fully saturated rings. The first-order valence-electron chi connectivity index (χ1n) is 16.1. The zero-order valence-electron chi connectivity index (χ0n) is 25.6. The molecule has 47 heavy (non-hydrogen) atoms. The minimum absolute atomic E-state index is 0.00588. The highest BCUT2D eigenvalue weighted by atomic mass is 35.5. The van der Waals surface area contributed by atoms with Crippen LogP contribution in [-0.2, 0) is 4.79 Å². The van der Waals surface area contributed by atoms with Gasteiger partial charge in [0.1, 0.15) is 30.2 Å². The Balaban J connectivity index is 1.28. The van der Waals surface area contributed by atoms with Crippen molar-refractivity contribution in [3.8, 4) is 23.1 Å². The summed E-state index contributed by atoms with van der Waals surface area (Å²) in [5.74, 6) is -0.208. The summed E-state index contributed by atoms with van der Waals surface area (Å²) in [4.78, 5) is 21.9. The van der Waals surface area contributed by atoms with E-state index in [2.05, 4.69) is 22.4 Å². The molecule has 3 aliphatic heterocycles. The van der Waals surface area contributed by atoms with Gasteiger partial charge in [-0.05, 0) is 67.5 Å². The highest BCUT2D eigenvalue weighted by molar-refractivity contribution is 6.38. The number of alkyl halides is 1. The minimum Gasteiger partial charge on any atom is -0.475 e. The van der Waals surface area contributed by atoms with Crippen LogP contribution in [0, 0.1) is 29.0 Å². The molecule has 0 bridgehead atoms. The van der Waals surface area contributed by atoms with Crippen molar-refractivity contribution in [2.45, 2.75) is 49.9 Å². The summed E-state index contributed by atoms with van der Waals surface area (Å²) in [6, 6.07) is 14.7. The van der Waals surface area contributed by atoms with Crippen molar-refractivity contribution >= 4 is 56.3 Å². The van der Waals surface area contributed by atoms with Crippen molar-refractivity contribution in [3.05, 3.63) is 76.5 Å². The van der Waals surface area contributed by atoms with E-state index < -0.39 is 17.5 Å². The normalized spacial score (nSPS) is 26.7. The van der Waals surface area contributed by atoms with Crippen LogP contribution in [0.25, 0.3) is 32.8 Å². The Morgan fingerprint density at radius 3 is 2.85 bits per heavy atom. The van der Waals surface area contributed by atoms with E-state index in [0.717, 1.165) is 37.6 Å². The number of halogens is 4. The average Bonchev–Trinajstić information content (AvgIpc) is 3.70. The first kappa shape index (κ1) is 30.6. The van der Waals surface area contributed by atoms with Crippen LogP contribution in [0.1, 0.15) is 37.7 Å². The van der Waals surface area contributed by atoms with Crippen LogP contribution in [0.5, 0.6) is 5.88 Å². The quantitative estimate of drug-likeness (QED) is 0.184. The van der Waals surface area contributed by atoms with Crippen LogP contribution in [0.15, 0.2) is 55.1 Å². The number of fused-ring (bicyclic) bond motifs is 4. The van der Waals surface area contributed by atoms with Crippen LogP contribution < -0.4 is 9.64 Å². The second-order valence-electron chi connectivity index (χ2n) is 13.4. The zero-order valence-corrected chi connectivity index (χ0v) is 27.1. The predicted octanol–water partition coefficient (Wildman–Crippen LogP) is 8.30. The third-order valence-corrected chi connectivity index (χ3v) is 11.7. The minimum atomic E-state index is -0.914. The molecule has 3 saturated heterocycles. The van der Waals surface area contributed by atoms with Crippen LogP contribution in [0.3, 0.4) is 0 Å². The van der Waals surface area contributed by atoms with Gasteiger partial charge in [0.25, 0.3) is 0 Å². The summed E-state index contributed by atoms with van der Waals surface area (Å²) in [5, 5.41) is 13.0. The van der Waals surface area contributed by atoms with Crippen LogP contribution in [0.2, 0.25) is 10.0 Å². The summed E-state index contributed by atoms with van der Waals surface area (Å²) in [6.45, 7) is 5.73. The molecule has 4 aliphatic rings. The van der Waals surface area contributed by atoms with Gasteiger partial charge in [-0.15, -0.1) is 0 Å². The van der Waals surface area contributed by atoms with Gasteiger partial charge in [0.05, 0.1) is 21.8 Å². The molecule has 0 N–H and O–H groups in total. The van der Waals surface area contributed by atoms with E-state index in [4.69, 9.17) is 32.9 Å². The van der Waals surface area contributed by atoms with Crippen molar-refractivity contribution in [2.24, 2.45) is 11.8 Å². The number of hydrogen-bond acceptors (Lipinski definition) is 6. The molecule has 240 valence electrons. The second-order valence-corrected chi connectivity index (χ2v) is 14.2. The maximum atomic E-state index is 14.7. The lowest BCUT2D eigenvalue weighted by molar-refractivity contribution is -0.119. The number of aromatic nitrogens is 1. The average molecular weight is 674 g/mol. The van der Waals surface area contributed by atoms with Crippen LogP contribution in [0.4, 0.5) is 14.5 Å². The van der Waals surface area contributed by atoms with Crippen molar-refractivity contribution in [3.63, 3.8) is 0 Å². The largest absolute Gasteiger partial charge is 0.475 e. The molecule has 3 aromatic carbocycles. The maximum absolute atomic E-state index is 14.7. The summed E-state index contributed by atoms with van der Waals surface area (Å²) < 4.78 is 35.7. The maximum Gasteiger partial charge on any atom is 0.234 e. The standard InChI is InChI=1S/C37H32Cl2F2N4O2/c1-2-32(46)22-8-10-31-27(22)18-45(31)35-25-13-28(38)24(23-6-3-5-20-7-9-29(41)34(39)33(20)23)14-30(25)43-36(26(35)16-42)47-19-37-11-4-12-44(37)17-21(40)15-37/h2-3,5-7,9,13-14,21-22,27,31H,1,4,8,10-12,15,17-19H2/t21-,22?,27+,31-,37+/m1/s1. The molecule has 1 aromatic heterocycles. The highest BCUT2D eigenvalue weighted by Crippen LogP contribution is 2.51. The Morgan fingerprint density at radius 1 is 1.19 bits per heavy atom. The predicted molar refractivity (Wildman–Crippen MR) is 180 cm³/mol. The molecule has 10 heteroatoms. The van der Waals surface area contributed by atoms with E-state index in [9.17, 15) is 18.8 Å². The number of anilines is 1. The Bertz CT molecular complexity index is 2030. The second kappa shape index (κ2) is 11.4. The zero-order chi connectivity index (χ0) is 32.6. The fraction of sp³-hybridized carbons (Fsp3) is 0.378. The summed E-state index contributed by atoms with van der Waals surface area (Å²) in [5.41, 5.74) is 2.36. The summed E-state index contributed by atoms with van der Waals surface area (Å²) in [6.07, 6.45) is 4.24. The fourth-order valence-electron chi connectivity index (χ4n) is 8.81. The number of hydrogen-bond donors (Lipinski definition) is 0. The van der Waals surface area contributed by atoms with Gasteiger partial charge in [-0.1, -0.05) is 54.0 Å².